The number of ether oxygens (including phenoxy) is 1. The molecule has 0 fully saturated rings. The monoisotopic (exact) mass is 280 g/mol. The summed E-state index contributed by atoms with van der Waals surface area (Å²) < 4.78 is 5.68. The van der Waals surface area contributed by atoms with Crippen LogP contribution in [0.15, 0.2) is 54.8 Å². The molecule has 2 aromatic rings. The molecule has 1 aliphatic rings. The van der Waals surface area contributed by atoms with E-state index >= 15 is 0 Å². The lowest BCUT2D eigenvalue weighted by Crippen LogP contribution is -2.14. The van der Waals surface area contributed by atoms with Crippen LogP contribution in [0.25, 0.3) is 5.57 Å². The van der Waals surface area contributed by atoms with Gasteiger partial charge in [0.2, 0.25) is 0 Å². The lowest BCUT2D eigenvalue weighted by atomic mass is 9.83. The summed E-state index contributed by atoms with van der Waals surface area (Å²) in [5.41, 5.74) is 3.24. The standard InChI is InChI=1S/C18H16O3/c1-12(20)14-8-5-9-17-18(14)15(10-19)16(11-21-17)13-6-3-2-4-7-13/h2-12,15,20H,1H3. The molecule has 0 saturated heterocycles. The second kappa shape index (κ2) is 5.54. The lowest BCUT2D eigenvalue weighted by Gasteiger charge is -2.26. The molecule has 106 valence electrons. The van der Waals surface area contributed by atoms with Crippen LogP contribution in [-0.2, 0) is 4.79 Å². The number of allylic oxidation sites excluding steroid dienone is 1. The zero-order valence-corrected chi connectivity index (χ0v) is 11.7. The lowest BCUT2D eigenvalue weighted by molar-refractivity contribution is -0.108. The topological polar surface area (TPSA) is 46.5 Å². The molecule has 0 aromatic heterocycles. The third-order valence-corrected chi connectivity index (χ3v) is 3.75. The summed E-state index contributed by atoms with van der Waals surface area (Å²) in [6.45, 7) is 1.69. The van der Waals surface area contributed by atoms with E-state index in [1.165, 1.54) is 0 Å². The van der Waals surface area contributed by atoms with Gasteiger partial charge in [-0.15, -0.1) is 0 Å². The largest absolute Gasteiger partial charge is 0.464 e. The molecule has 3 heteroatoms. The van der Waals surface area contributed by atoms with Crippen LogP contribution in [0, 0.1) is 0 Å². The number of fused-ring (bicyclic) bond motifs is 1. The number of benzene rings is 2. The van der Waals surface area contributed by atoms with E-state index in [4.69, 9.17) is 4.74 Å². The zero-order chi connectivity index (χ0) is 14.8. The van der Waals surface area contributed by atoms with E-state index in [1.54, 1.807) is 13.2 Å². The average molecular weight is 280 g/mol. The van der Waals surface area contributed by atoms with Gasteiger partial charge in [-0.2, -0.15) is 0 Å². The Kier molecular flexibility index (Phi) is 3.59. The van der Waals surface area contributed by atoms with Crippen LogP contribution in [-0.4, -0.2) is 11.4 Å². The van der Waals surface area contributed by atoms with Crippen LogP contribution < -0.4 is 4.74 Å². The van der Waals surface area contributed by atoms with Crippen molar-refractivity contribution < 1.29 is 14.6 Å². The highest BCUT2D eigenvalue weighted by Gasteiger charge is 2.29. The second-order valence-corrected chi connectivity index (χ2v) is 5.11. The third-order valence-electron chi connectivity index (χ3n) is 3.75. The average Bonchev–Trinajstić information content (AvgIpc) is 2.53. The molecule has 1 heterocycles. The Morgan fingerprint density at radius 3 is 2.57 bits per heavy atom. The maximum absolute atomic E-state index is 11.7. The van der Waals surface area contributed by atoms with Crippen molar-refractivity contribution in [2.24, 2.45) is 0 Å². The molecule has 0 saturated carbocycles. The van der Waals surface area contributed by atoms with E-state index in [0.29, 0.717) is 5.75 Å². The minimum Gasteiger partial charge on any atom is -0.464 e. The van der Waals surface area contributed by atoms with Crippen molar-refractivity contribution in [3.8, 4) is 5.75 Å². The molecule has 0 spiro atoms. The summed E-state index contributed by atoms with van der Waals surface area (Å²) >= 11 is 0. The van der Waals surface area contributed by atoms with E-state index in [0.717, 1.165) is 28.5 Å². The molecule has 3 rings (SSSR count). The Morgan fingerprint density at radius 2 is 1.90 bits per heavy atom. The van der Waals surface area contributed by atoms with Crippen LogP contribution in [0.4, 0.5) is 0 Å². The molecule has 2 aromatic carbocycles. The van der Waals surface area contributed by atoms with E-state index in [9.17, 15) is 9.90 Å². The number of hydrogen-bond donors (Lipinski definition) is 1. The Balaban J connectivity index is 2.14. The van der Waals surface area contributed by atoms with Gasteiger partial charge in [-0.25, -0.2) is 0 Å². The van der Waals surface area contributed by atoms with Gasteiger partial charge in [0.05, 0.1) is 18.3 Å². The van der Waals surface area contributed by atoms with Crippen molar-refractivity contribution in [3.05, 3.63) is 71.5 Å². The number of hydrogen-bond acceptors (Lipinski definition) is 3. The van der Waals surface area contributed by atoms with Gasteiger partial charge in [0.1, 0.15) is 12.0 Å². The normalized spacial score (nSPS) is 18.2. The Labute approximate surface area is 123 Å². The molecule has 0 radical (unpaired) electrons. The third kappa shape index (κ3) is 2.36. The quantitative estimate of drug-likeness (QED) is 0.876. The van der Waals surface area contributed by atoms with Crippen molar-refractivity contribution >= 4 is 11.9 Å². The van der Waals surface area contributed by atoms with Crippen LogP contribution in [0.2, 0.25) is 0 Å². The number of carbonyl (C=O) groups excluding carboxylic acids is 1. The molecule has 0 aliphatic carbocycles. The smallest absolute Gasteiger partial charge is 0.132 e. The maximum atomic E-state index is 11.7. The molecule has 21 heavy (non-hydrogen) atoms. The van der Waals surface area contributed by atoms with E-state index in [2.05, 4.69) is 0 Å². The number of aliphatic hydroxyl groups is 1. The Hall–Kier alpha value is -2.39. The predicted octanol–water partition coefficient (Wildman–Crippen LogP) is 3.46. The number of aliphatic hydroxyl groups excluding tert-OH is 1. The van der Waals surface area contributed by atoms with Gasteiger partial charge in [-0.05, 0) is 24.1 Å². The molecular weight excluding hydrogens is 264 g/mol. The summed E-state index contributed by atoms with van der Waals surface area (Å²) in [5.74, 6) is 0.201. The van der Waals surface area contributed by atoms with Crippen LogP contribution in [0.1, 0.15) is 35.6 Å². The van der Waals surface area contributed by atoms with Crippen molar-refractivity contribution in [2.45, 2.75) is 18.9 Å². The zero-order valence-electron chi connectivity index (χ0n) is 11.7. The van der Waals surface area contributed by atoms with E-state index in [1.807, 2.05) is 48.5 Å². The van der Waals surface area contributed by atoms with Gasteiger partial charge in [0, 0.05) is 11.1 Å². The van der Waals surface area contributed by atoms with Gasteiger partial charge >= 0.3 is 0 Å². The highest BCUT2D eigenvalue weighted by molar-refractivity contribution is 5.89. The van der Waals surface area contributed by atoms with Crippen molar-refractivity contribution in [1.82, 2.24) is 0 Å². The van der Waals surface area contributed by atoms with Gasteiger partial charge in [0.25, 0.3) is 0 Å². The molecule has 1 N–H and O–H groups in total. The number of aldehydes is 1. The van der Waals surface area contributed by atoms with Crippen LogP contribution in [0.5, 0.6) is 5.75 Å². The fourth-order valence-electron chi connectivity index (χ4n) is 2.74. The van der Waals surface area contributed by atoms with Gasteiger partial charge in [0.15, 0.2) is 0 Å². The highest BCUT2D eigenvalue weighted by atomic mass is 16.5. The van der Waals surface area contributed by atoms with Crippen molar-refractivity contribution in [3.63, 3.8) is 0 Å². The SMILES string of the molecule is CC(O)c1cccc2c1C(C=O)C(c1ccccc1)=CO2. The van der Waals surface area contributed by atoms with E-state index in [-0.39, 0.29) is 0 Å². The second-order valence-electron chi connectivity index (χ2n) is 5.11. The minimum atomic E-state index is -0.652. The van der Waals surface area contributed by atoms with Gasteiger partial charge in [-0.1, -0.05) is 42.5 Å². The van der Waals surface area contributed by atoms with E-state index < -0.39 is 12.0 Å². The summed E-state index contributed by atoms with van der Waals surface area (Å²) in [5, 5.41) is 9.96. The first-order chi connectivity index (χ1) is 10.2. The summed E-state index contributed by atoms with van der Waals surface area (Å²) in [4.78, 5) is 11.7. The summed E-state index contributed by atoms with van der Waals surface area (Å²) in [7, 11) is 0. The maximum Gasteiger partial charge on any atom is 0.132 e. The molecule has 0 amide bonds. The Bertz CT molecular complexity index is 687. The molecular formula is C18H16O3. The predicted molar refractivity (Wildman–Crippen MR) is 80.9 cm³/mol. The Morgan fingerprint density at radius 1 is 1.14 bits per heavy atom. The molecule has 0 bridgehead atoms. The minimum absolute atomic E-state index is 0.429. The fourth-order valence-corrected chi connectivity index (χ4v) is 2.74. The highest BCUT2D eigenvalue weighted by Crippen LogP contribution is 2.43. The van der Waals surface area contributed by atoms with Crippen molar-refractivity contribution in [1.29, 1.82) is 0 Å². The number of rotatable bonds is 3. The molecule has 1 aliphatic heterocycles. The molecule has 3 nitrogen and oxygen atoms in total. The first-order valence-corrected chi connectivity index (χ1v) is 6.90. The van der Waals surface area contributed by atoms with Gasteiger partial charge < -0.3 is 14.6 Å². The number of carbonyl (C=O) groups is 1. The molecule has 2 atom stereocenters. The van der Waals surface area contributed by atoms with Gasteiger partial charge in [-0.3, -0.25) is 0 Å². The van der Waals surface area contributed by atoms with Crippen molar-refractivity contribution in [2.75, 3.05) is 0 Å². The fraction of sp³-hybridized carbons (Fsp3) is 0.167. The first kappa shape index (κ1) is 13.6. The molecule has 2 unspecified atom stereocenters. The van der Waals surface area contributed by atoms with Crippen LogP contribution >= 0.6 is 0 Å². The summed E-state index contributed by atoms with van der Waals surface area (Å²) in [6, 6.07) is 15.1. The summed E-state index contributed by atoms with van der Waals surface area (Å²) in [6.07, 6.45) is 1.88. The first-order valence-electron chi connectivity index (χ1n) is 6.90. The van der Waals surface area contributed by atoms with Crippen LogP contribution in [0.3, 0.4) is 0 Å².